The van der Waals surface area contributed by atoms with Gasteiger partial charge in [0, 0.05) is 35.0 Å². The predicted molar refractivity (Wildman–Crippen MR) is 99.9 cm³/mol. The first-order valence-electron chi connectivity index (χ1n) is 8.19. The lowest BCUT2D eigenvalue weighted by atomic mass is 10.0. The molecule has 6 heteroatoms. The minimum atomic E-state index is -0.831. The van der Waals surface area contributed by atoms with Gasteiger partial charge in [0.15, 0.2) is 5.82 Å². The minimum Gasteiger partial charge on any atom is -0.432 e. The van der Waals surface area contributed by atoms with E-state index in [0.29, 0.717) is 16.6 Å². The second-order valence-electron chi connectivity index (χ2n) is 6.06. The number of carbonyl (C=O) groups is 1. The van der Waals surface area contributed by atoms with Crippen LogP contribution in [0.1, 0.15) is 35.8 Å². The molecule has 0 saturated carbocycles. The van der Waals surface area contributed by atoms with Crippen LogP contribution in [-0.4, -0.2) is 21.2 Å². The Labute approximate surface area is 155 Å². The highest BCUT2D eigenvalue weighted by molar-refractivity contribution is 6.31. The van der Waals surface area contributed by atoms with Gasteiger partial charge in [-0.1, -0.05) is 41.9 Å². The molecule has 1 aliphatic rings. The Morgan fingerprint density at radius 3 is 2.69 bits per heavy atom. The number of rotatable bonds is 2. The molecule has 0 bridgehead atoms. The second kappa shape index (κ2) is 6.42. The number of imidazole rings is 1. The number of benzene rings is 2. The molecule has 4 rings (SSSR count). The number of aryl methyl sites for hydroxylation is 1. The van der Waals surface area contributed by atoms with Crippen molar-refractivity contribution in [3.63, 3.8) is 0 Å². The summed E-state index contributed by atoms with van der Waals surface area (Å²) in [4.78, 5) is 20.9. The SMILES string of the molecule is CC(=O)OC1N=C(c2ccccc2)c2cc(Cl)ccc2-n2c(C)cnc21. The topological polar surface area (TPSA) is 56.5 Å². The smallest absolute Gasteiger partial charge is 0.304 e. The molecule has 0 N–H and O–H groups in total. The molecule has 0 fully saturated rings. The lowest BCUT2D eigenvalue weighted by Crippen LogP contribution is -2.12. The van der Waals surface area contributed by atoms with Gasteiger partial charge in [-0.25, -0.2) is 9.98 Å². The quantitative estimate of drug-likeness (QED) is 0.638. The zero-order valence-corrected chi connectivity index (χ0v) is 15.1. The average Bonchev–Trinajstić information content (AvgIpc) is 2.94. The maximum absolute atomic E-state index is 11.7. The van der Waals surface area contributed by atoms with Gasteiger partial charge in [0.2, 0.25) is 0 Å². The molecule has 0 spiro atoms. The van der Waals surface area contributed by atoms with Gasteiger partial charge in [-0.3, -0.25) is 9.36 Å². The van der Waals surface area contributed by atoms with Crippen molar-refractivity contribution < 1.29 is 9.53 Å². The molecule has 1 aromatic heterocycles. The van der Waals surface area contributed by atoms with E-state index in [-0.39, 0.29) is 0 Å². The predicted octanol–water partition coefficient (Wildman–Crippen LogP) is 4.25. The van der Waals surface area contributed by atoms with Crippen LogP contribution in [0.3, 0.4) is 0 Å². The van der Waals surface area contributed by atoms with Crippen molar-refractivity contribution in [3.05, 3.63) is 82.4 Å². The van der Waals surface area contributed by atoms with E-state index in [1.807, 2.05) is 60.0 Å². The van der Waals surface area contributed by atoms with E-state index in [4.69, 9.17) is 21.3 Å². The van der Waals surface area contributed by atoms with Crippen LogP contribution in [0, 0.1) is 6.92 Å². The van der Waals surface area contributed by atoms with Gasteiger partial charge in [0.1, 0.15) is 0 Å². The van der Waals surface area contributed by atoms with Crippen LogP contribution in [0.2, 0.25) is 5.02 Å². The molecule has 1 aliphatic heterocycles. The Balaban J connectivity index is 2.04. The monoisotopic (exact) mass is 365 g/mol. The minimum absolute atomic E-state index is 0.414. The van der Waals surface area contributed by atoms with Gasteiger partial charge in [0.05, 0.1) is 11.4 Å². The van der Waals surface area contributed by atoms with Crippen LogP contribution in [0.4, 0.5) is 0 Å². The van der Waals surface area contributed by atoms with E-state index < -0.39 is 12.2 Å². The number of hydrogen-bond donors (Lipinski definition) is 0. The number of nitrogens with zero attached hydrogens (tertiary/aromatic N) is 3. The number of esters is 1. The van der Waals surface area contributed by atoms with E-state index in [1.54, 1.807) is 6.20 Å². The third kappa shape index (κ3) is 2.80. The summed E-state index contributed by atoms with van der Waals surface area (Å²) in [5.74, 6) is 0.148. The van der Waals surface area contributed by atoms with Crippen molar-refractivity contribution in [2.45, 2.75) is 20.1 Å². The number of carbonyl (C=O) groups excluding carboxylic acids is 1. The van der Waals surface area contributed by atoms with Gasteiger partial charge in [-0.15, -0.1) is 0 Å². The summed E-state index contributed by atoms with van der Waals surface area (Å²) in [6.45, 7) is 3.32. The summed E-state index contributed by atoms with van der Waals surface area (Å²) in [5, 5.41) is 0.609. The molecular weight excluding hydrogens is 350 g/mol. The first kappa shape index (κ1) is 16.5. The van der Waals surface area contributed by atoms with Gasteiger partial charge in [-0.2, -0.15) is 0 Å². The molecule has 26 heavy (non-hydrogen) atoms. The maximum atomic E-state index is 11.7. The first-order valence-corrected chi connectivity index (χ1v) is 8.57. The number of ether oxygens (including phenoxy) is 1. The Kier molecular flexibility index (Phi) is 4.09. The molecule has 130 valence electrons. The van der Waals surface area contributed by atoms with Gasteiger partial charge in [0.25, 0.3) is 6.23 Å². The third-order valence-electron chi connectivity index (χ3n) is 4.21. The third-order valence-corrected chi connectivity index (χ3v) is 4.45. The fourth-order valence-electron chi connectivity index (χ4n) is 3.14. The van der Waals surface area contributed by atoms with Crippen molar-refractivity contribution in [3.8, 4) is 5.69 Å². The van der Waals surface area contributed by atoms with Crippen LogP contribution in [0.15, 0.2) is 59.7 Å². The summed E-state index contributed by atoms with van der Waals surface area (Å²) < 4.78 is 7.44. The highest BCUT2D eigenvalue weighted by Gasteiger charge is 2.29. The Bertz CT molecular complexity index is 1020. The van der Waals surface area contributed by atoms with Gasteiger partial charge >= 0.3 is 5.97 Å². The number of aromatic nitrogens is 2. The molecule has 2 aromatic carbocycles. The molecule has 1 atom stereocenters. The van der Waals surface area contributed by atoms with Gasteiger partial charge < -0.3 is 4.74 Å². The van der Waals surface area contributed by atoms with Crippen LogP contribution in [-0.2, 0) is 9.53 Å². The summed E-state index contributed by atoms with van der Waals surface area (Å²) >= 11 is 6.28. The van der Waals surface area contributed by atoms with Gasteiger partial charge in [-0.05, 0) is 25.1 Å². The van der Waals surface area contributed by atoms with E-state index in [2.05, 4.69) is 4.98 Å². The Hall–Kier alpha value is -2.92. The zero-order valence-electron chi connectivity index (χ0n) is 14.3. The van der Waals surface area contributed by atoms with E-state index >= 15 is 0 Å². The van der Waals surface area contributed by atoms with E-state index in [0.717, 1.165) is 22.5 Å². The number of halogens is 1. The lowest BCUT2D eigenvalue weighted by molar-refractivity contribution is -0.146. The van der Waals surface area contributed by atoms with Crippen LogP contribution >= 0.6 is 11.6 Å². The molecular formula is C20H16ClN3O2. The largest absolute Gasteiger partial charge is 0.432 e. The van der Waals surface area contributed by atoms with Crippen LogP contribution < -0.4 is 0 Å². The second-order valence-corrected chi connectivity index (χ2v) is 6.50. The molecule has 0 amide bonds. The first-order chi connectivity index (χ1) is 12.5. The molecule has 2 heterocycles. The van der Waals surface area contributed by atoms with Crippen molar-refractivity contribution >= 4 is 23.3 Å². The summed E-state index contributed by atoms with van der Waals surface area (Å²) in [7, 11) is 0. The number of aliphatic imine (C=N–C) groups is 1. The van der Waals surface area contributed by atoms with Crippen LogP contribution in [0.25, 0.3) is 5.69 Å². The number of fused-ring (bicyclic) bond motifs is 3. The average molecular weight is 366 g/mol. The fraction of sp³-hybridized carbons (Fsp3) is 0.150. The van der Waals surface area contributed by atoms with E-state index in [9.17, 15) is 4.79 Å². The van der Waals surface area contributed by atoms with E-state index in [1.165, 1.54) is 6.92 Å². The molecule has 3 aromatic rings. The summed E-state index contributed by atoms with van der Waals surface area (Å²) in [6.07, 6.45) is 0.912. The van der Waals surface area contributed by atoms with Crippen molar-refractivity contribution in [1.82, 2.24) is 9.55 Å². The zero-order chi connectivity index (χ0) is 18.3. The molecule has 1 unspecified atom stereocenters. The number of hydrogen-bond acceptors (Lipinski definition) is 4. The summed E-state index contributed by atoms with van der Waals surface area (Å²) in [5.41, 5.74) is 4.30. The summed E-state index contributed by atoms with van der Waals surface area (Å²) in [6, 6.07) is 15.4. The normalized spacial score (nSPS) is 15.5. The Morgan fingerprint density at radius 1 is 1.19 bits per heavy atom. The van der Waals surface area contributed by atoms with Crippen molar-refractivity contribution in [1.29, 1.82) is 0 Å². The van der Waals surface area contributed by atoms with Crippen molar-refractivity contribution in [2.75, 3.05) is 0 Å². The molecule has 0 radical (unpaired) electrons. The lowest BCUT2D eigenvalue weighted by Gasteiger charge is -2.14. The Morgan fingerprint density at radius 2 is 1.96 bits per heavy atom. The highest BCUT2D eigenvalue weighted by Crippen LogP contribution is 2.33. The maximum Gasteiger partial charge on any atom is 0.304 e. The molecule has 5 nitrogen and oxygen atoms in total. The van der Waals surface area contributed by atoms with Crippen LogP contribution in [0.5, 0.6) is 0 Å². The molecule has 0 aliphatic carbocycles. The fourth-order valence-corrected chi connectivity index (χ4v) is 3.32. The standard InChI is InChI=1S/C20H16ClN3O2/c1-12-11-22-19-20(26-13(2)25)23-18(14-6-4-3-5-7-14)16-10-15(21)8-9-17(16)24(12)19/h3-11,20H,1-2H3. The molecule has 0 saturated heterocycles. The highest BCUT2D eigenvalue weighted by atomic mass is 35.5. The van der Waals surface area contributed by atoms with Crippen molar-refractivity contribution in [2.24, 2.45) is 4.99 Å².